The molecule has 1 fully saturated rings. The highest BCUT2D eigenvalue weighted by molar-refractivity contribution is 5.78. The van der Waals surface area contributed by atoms with Gasteiger partial charge in [0.25, 0.3) is 5.69 Å². The van der Waals surface area contributed by atoms with Crippen molar-refractivity contribution in [3.63, 3.8) is 0 Å². The average Bonchev–Trinajstić information content (AvgIpc) is 3.24. The maximum atomic E-state index is 12.8. The number of hydrogen-bond donors (Lipinski definition) is 0. The third kappa shape index (κ3) is 5.52. The molecule has 4 rings (SSSR count). The summed E-state index contributed by atoms with van der Waals surface area (Å²) in [7, 11) is 0. The Balaban J connectivity index is 1.25. The number of benzene rings is 2. The summed E-state index contributed by atoms with van der Waals surface area (Å²) in [6.07, 6.45) is 3.67. The van der Waals surface area contributed by atoms with Crippen LogP contribution in [0.15, 0.2) is 54.9 Å². The van der Waals surface area contributed by atoms with Crippen LogP contribution in [0.1, 0.15) is 17.5 Å². The molecule has 0 aliphatic carbocycles. The predicted octanol–water partition coefficient (Wildman–Crippen LogP) is 1.89. The van der Waals surface area contributed by atoms with Gasteiger partial charge >= 0.3 is 0 Å². The van der Waals surface area contributed by atoms with Crippen LogP contribution >= 0.6 is 0 Å². The molecule has 1 aromatic heterocycles. The van der Waals surface area contributed by atoms with Crippen molar-refractivity contribution in [2.24, 2.45) is 0 Å². The summed E-state index contributed by atoms with van der Waals surface area (Å²) in [5.74, 6) is 0.136. The van der Waals surface area contributed by atoms with Gasteiger partial charge in [-0.3, -0.25) is 14.9 Å². The van der Waals surface area contributed by atoms with Gasteiger partial charge in [0.15, 0.2) is 0 Å². The van der Waals surface area contributed by atoms with Crippen molar-refractivity contribution < 1.29 is 9.72 Å². The molecular weight excluding hydrogens is 410 g/mol. The normalized spacial score (nSPS) is 14.8. The minimum absolute atomic E-state index is 0.114. The number of aromatic nitrogens is 4. The molecule has 0 unspecified atom stereocenters. The molecule has 0 saturated carbocycles. The van der Waals surface area contributed by atoms with Crippen molar-refractivity contribution in [1.82, 2.24) is 30.0 Å². The number of nitro benzene ring substituents is 1. The summed E-state index contributed by atoms with van der Waals surface area (Å²) in [6, 6.07) is 14.4. The standard InChI is InChI=1S/C22H25N7O3/c30-22(16-19-4-6-20(7-5-19)28-17-23-24-25-28)27-12-1-11-26(14-15-27)13-10-18-2-8-21(9-3-18)29(31)32/h2-9,17H,1,10-16H2. The van der Waals surface area contributed by atoms with Crippen LogP contribution in [0.2, 0.25) is 0 Å². The van der Waals surface area contributed by atoms with Gasteiger partial charge in [-0.25, -0.2) is 4.68 Å². The molecule has 0 spiro atoms. The first-order valence-electron chi connectivity index (χ1n) is 10.6. The second kappa shape index (κ2) is 10.1. The molecule has 1 saturated heterocycles. The lowest BCUT2D eigenvalue weighted by molar-refractivity contribution is -0.384. The van der Waals surface area contributed by atoms with E-state index in [0.717, 1.165) is 55.8 Å². The van der Waals surface area contributed by atoms with Crippen molar-refractivity contribution >= 4 is 11.6 Å². The van der Waals surface area contributed by atoms with Crippen molar-refractivity contribution in [2.45, 2.75) is 19.3 Å². The third-order valence-corrected chi connectivity index (χ3v) is 5.71. The highest BCUT2D eigenvalue weighted by atomic mass is 16.6. The number of amides is 1. The summed E-state index contributed by atoms with van der Waals surface area (Å²) < 4.78 is 1.58. The number of tetrazole rings is 1. The number of carbonyl (C=O) groups excluding carboxylic acids is 1. The van der Waals surface area contributed by atoms with Gasteiger partial charge in [0.2, 0.25) is 5.91 Å². The van der Waals surface area contributed by atoms with Crippen LogP contribution in [0.25, 0.3) is 5.69 Å². The SMILES string of the molecule is O=C(Cc1ccc(-n2cnnn2)cc1)N1CCCN(CCc2ccc([N+](=O)[O-])cc2)CC1. The smallest absolute Gasteiger partial charge is 0.269 e. The van der Waals surface area contributed by atoms with E-state index in [2.05, 4.69) is 20.4 Å². The number of carbonyl (C=O) groups is 1. The van der Waals surface area contributed by atoms with E-state index >= 15 is 0 Å². The Hall–Kier alpha value is -3.66. The Bertz CT molecular complexity index is 1040. The third-order valence-electron chi connectivity index (χ3n) is 5.71. The van der Waals surface area contributed by atoms with Gasteiger partial charge in [-0.05, 0) is 53.1 Å². The highest BCUT2D eigenvalue weighted by Crippen LogP contribution is 2.14. The lowest BCUT2D eigenvalue weighted by atomic mass is 10.1. The second-order valence-electron chi connectivity index (χ2n) is 7.85. The van der Waals surface area contributed by atoms with E-state index in [4.69, 9.17) is 0 Å². The van der Waals surface area contributed by atoms with E-state index in [1.165, 1.54) is 6.33 Å². The zero-order valence-corrected chi connectivity index (χ0v) is 17.7. The molecule has 32 heavy (non-hydrogen) atoms. The Morgan fingerprint density at radius 3 is 2.41 bits per heavy atom. The fraction of sp³-hybridized carbons (Fsp3) is 0.364. The summed E-state index contributed by atoms with van der Waals surface area (Å²) in [5, 5.41) is 21.9. The van der Waals surface area contributed by atoms with E-state index < -0.39 is 0 Å². The number of nitrogens with zero attached hydrogens (tertiary/aromatic N) is 7. The molecule has 1 aliphatic heterocycles. The van der Waals surface area contributed by atoms with Gasteiger partial charge in [0.05, 0.1) is 17.0 Å². The first kappa shape index (κ1) is 21.6. The Labute approximate surface area is 185 Å². The van der Waals surface area contributed by atoms with E-state index in [-0.39, 0.29) is 16.5 Å². The molecule has 1 aliphatic rings. The van der Waals surface area contributed by atoms with E-state index in [0.29, 0.717) is 13.0 Å². The Kier molecular flexibility index (Phi) is 6.81. The molecule has 3 aromatic rings. The number of hydrogen-bond acceptors (Lipinski definition) is 7. The summed E-state index contributed by atoms with van der Waals surface area (Å²) in [5.41, 5.74) is 3.01. The summed E-state index contributed by atoms with van der Waals surface area (Å²) in [4.78, 5) is 27.5. The van der Waals surface area contributed by atoms with Gasteiger partial charge in [-0.15, -0.1) is 5.10 Å². The minimum Gasteiger partial charge on any atom is -0.341 e. The second-order valence-corrected chi connectivity index (χ2v) is 7.85. The largest absolute Gasteiger partial charge is 0.341 e. The maximum absolute atomic E-state index is 12.8. The van der Waals surface area contributed by atoms with Gasteiger partial charge in [0, 0.05) is 38.3 Å². The number of rotatable bonds is 7. The molecule has 0 atom stereocenters. The van der Waals surface area contributed by atoms with Crippen molar-refractivity contribution in [2.75, 3.05) is 32.7 Å². The van der Waals surface area contributed by atoms with Crippen molar-refractivity contribution in [3.05, 3.63) is 76.1 Å². The topological polar surface area (TPSA) is 110 Å². The molecule has 1 amide bonds. The van der Waals surface area contributed by atoms with Gasteiger partial charge < -0.3 is 9.80 Å². The molecule has 2 heterocycles. The van der Waals surface area contributed by atoms with Crippen LogP contribution in [0, 0.1) is 10.1 Å². The van der Waals surface area contributed by atoms with Crippen molar-refractivity contribution in [3.8, 4) is 5.69 Å². The van der Waals surface area contributed by atoms with E-state index in [1.807, 2.05) is 41.3 Å². The molecule has 0 radical (unpaired) electrons. The number of nitro groups is 1. The van der Waals surface area contributed by atoms with Crippen LogP contribution in [0.3, 0.4) is 0 Å². The van der Waals surface area contributed by atoms with Gasteiger partial charge in [-0.1, -0.05) is 24.3 Å². The zero-order chi connectivity index (χ0) is 22.3. The van der Waals surface area contributed by atoms with Crippen molar-refractivity contribution in [1.29, 1.82) is 0 Å². The van der Waals surface area contributed by atoms with Gasteiger partial charge in [0.1, 0.15) is 6.33 Å². The molecule has 166 valence electrons. The Morgan fingerprint density at radius 1 is 0.969 bits per heavy atom. The summed E-state index contributed by atoms with van der Waals surface area (Å²) >= 11 is 0. The van der Waals surface area contributed by atoms with Gasteiger partial charge in [-0.2, -0.15) is 0 Å². The average molecular weight is 435 g/mol. The molecule has 0 N–H and O–H groups in total. The lowest BCUT2D eigenvalue weighted by Gasteiger charge is -2.22. The quantitative estimate of drug-likeness (QED) is 0.412. The maximum Gasteiger partial charge on any atom is 0.269 e. The molecule has 10 nitrogen and oxygen atoms in total. The summed E-state index contributed by atoms with van der Waals surface area (Å²) in [6.45, 7) is 4.12. The monoisotopic (exact) mass is 435 g/mol. The van der Waals surface area contributed by atoms with Crippen LogP contribution in [0.4, 0.5) is 5.69 Å². The first-order valence-corrected chi connectivity index (χ1v) is 10.6. The zero-order valence-electron chi connectivity index (χ0n) is 17.7. The minimum atomic E-state index is -0.382. The number of non-ortho nitro benzene ring substituents is 1. The van der Waals surface area contributed by atoms with Crippen LogP contribution < -0.4 is 0 Å². The molecule has 2 aromatic carbocycles. The molecule has 10 heteroatoms. The molecular formula is C22H25N7O3. The van der Waals surface area contributed by atoms with Crippen LogP contribution in [-0.4, -0.2) is 73.6 Å². The lowest BCUT2D eigenvalue weighted by Crippen LogP contribution is -2.36. The van der Waals surface area contributed by atoms with Crippen LogP contribution in [0.5, 0.6) is 0 Å². The van der Waals surface area contributed by atoms with E-state index in [1.54, 1.807) is 16.8 Å². The fourth-order valence-electron chi connectivity index (χ4n) is 3.85. The van der Waals surface area contributed by atoms with E-state index in [9.17, 15) is 14.9 Å². The fourth-order valence-corrected chi connectivity index (χ4v) is 3.85. The predicted molar refractivity (Wildman–Crippen MR) is 117 cm³/mol. The highest BCUT2D eigenvalue weighted by Gasteiger charge is 2.19. The van der Waals surface area contributed by atoms with Crippen LogP contribution in [-0.2, 0) is 17.6 Å². The first-order chi connectivity index (χ1) is 15.6. The Morgan fingerprint density at radius 2 is 1.72 bits per heavy atom. The molecule has 0 bridgehead atoms.